The predicted molar refractivity (Wildman–Crippen MR) is 102 cm³/mol. The fourth-order valence-electron chi connectivity index (χ4n) is 4.22. The Morgan fingerprint density at radius 3 is 2.38 bits per heavy atom. The first-order valence-electron chi connectivity index (χ1n) is 9.75. The number of amides is 1. The topological polar surface area (TPSA) is 83.5 Å². The van der Waals surface area contributed by atoms with E-state index >= 15 is 0 Å². The molecule has 3 aliphatic rings. The Labute approximate surface area is 170 Å². The van der Waals surface area contributed by atoms with Gasteiger partial charge in [0.05, 0.1) is 44.5 Å². The lowest BCUT2D eigenvalue weighted by atomic mass is 9.80. The molecule has 1 aromatic carbocycles. The van der Waals surface area contributed by atoms with Gasteiger partial charge in [-0.15, -0.1) is 0 Å². The molecule has 29 heavy (non-hydrogen) atoms. The van der Waals surface area contributed by atoms with Crippen LogP contribution in [0.1, 0.15) is 48.7 Å². The van der Waals surface area contributed by atoms with Gasteiger partial charge in [-0.2, -0.15) is 0 Å². The van der Waals surface area contributed by atoms with E-state index in [0.29, 0.717) is 49.6 Å². The van der Waals surface area contributed by atoms with Crippen LogP contribution in [0.3, 0.4) is 0 Å². The lowest BCUT2D eigenvalue weighted by Gasteiger charge is -2.54. The van der Waals surface area contributed by atoms with Gasteiger partial charge in [-0.1, -0.05) is 0 Å². The Kier molecular flexibility index (Phi) is 4.55. The highest BCUT2D eigenvalue weighted by molar-refractivity contribution is 5.92. The lowest BCUT2D eigenvalue weighted by Crippen LogP contribution is -2.70. The van der Waals surface area contributed by atoms with Crippen LogP contribution in [-0.4, -0.2) is 61.6 Å². The first-order valence-corrected chi connectivity index (χ1v) is 9.75. The van der Waals surface area contributed by atoms with E-state index in [4.69, 9.17) is 23.7 Å². The van der Waals surface area contributed by atoms with Crippen molar-refractivity contribution in [3.63, 3.8) is 0 Å². The smallest absolute Gasteiger partial charge is 0.410 e. The molecule has 158 valence electrons. The zero-order chi connectivity index (χ0) is 21.0. The van der Waals surface area contributed by atoms with Crippen LogP contribution >= 0.6 is 0 Å². The third kappa shape index (κ3) is 3.34. The highest BCUT2D eigenvalue weighted by atomic mass is 16.7. The maximum Gasteiger partial charge on any atom is 0.410 e. The van der Waals surface area contributed by atoms with Crippen molar-refractivity contribution in [2.24, 2.45) is 0 Å². The number of methoxy groups -OCH3 is 1. The third-order valence-electron chi connectivity index (χ3n) is 5.46. The molecule has 0 saturated carbocycles. The van der Waals surface area contributed by atoms with E-state index in [2.05, 4.69) is 0 Å². The minimum Gasteiger partial charge on any atom is -0.483 e. The molecule has 0 aromatic heterocycles. The summed E-state index contributed by atoms with van der Waals surface area (Å²) in [6.45, 7) is 8.99. The number of hydrogen-bond donors (Lipinski definition) is 0. The summed E-state index contributed by atoms with van der Waals surface area (Å²) < 4.78 is 28.8. The van der Waals surface area contributed by atoms with Crippen molar-refractivity contribution in [2.45, 2.75) is 51.1 Å². The van der Waals surface area contributed by atoms with Gasteiger partial charge < -0.3 is 28.6 Å². The lowest BCUT2D eigenvalue weighted by molar-refractivity contribution is -0.233. The van der Waals surface area contributed by atoms with Crippen LogP contribution < -0.4 is 4.74 Å². The Balaban J connectivity index is 1.65. The van der Waals surface area contributed by atoms with Crippen LogP contribution in [0.15, 0.2) is 12.1 Å². The molecule has 1 aromatic rings. The Morgan fingerprint density at radius 1 is 1.14 bits per heavy atom. The van der Waals surface area contributed by atoms with Gasteiger partial charge in [-0.3, -0.25) is 0 Å². The molecule has 4 rings (SSSR count). The van der Waals surface area contributed by atoms with Crippen LogP contribution in [0.4, 0.5) is 4.79 Å². The predicted octanol–water partition coefficient (Wildman–Crippen LogP) is 2.75. The van der Waals surface area contributed by atoms with Crippen molar-refractivity contribution < 1.29 is 33.3 Å². The second-order valence-corrected chi connectivity index (χ2v) is 8.85. The zero-order valence-corrected chi connectivity index (χ0v) is 17.5. The summed E-state index contributed by atoms with van der Waals surface area (Å²) >= 11 is 0. The van der Waals surface area contributed by atoms with E-state index in [1.165, 1.54) is 7.11 Å². The molecule has 0 bridgehead atoms. The number of carbonyl (C=O) groups excluding carboxylic acids is 2. The minimum atomic E-state index is -0.937. The summed E-state index contributed by atoms with van der Waals surface area (Å²) in [7, 11) is 1.35. The summed E-state index contributed by atoms with van der Waals surface area (Å²) in [5.74, 6) is -0.808. The Morgan fingerprint density at radius 2 is 1.79 bits per heavy atom. The van der Waals surface area contributed by atoms with Gasteiger partial charge in [-0.25, -0.2) is 9.59 Å². The van der Waals surface area contributed by atoms with Gasteiger partial charge in [0.1, 0.15) is 17.0 Å². The summed E-state index contributed by atoms with van der Waals surface area (Å²) in [6, 6.07) is 3.51. The molecule has 0 atom stereocenters. The van der Waals surface area contributed by atoms with Crippen LogP contribution in [0.5, 0.6) is 5.75 Å². The van der Waals surface area contributed by atoms with E-state index in [1.807, 2.05) is 27.7 Å². The van der Waals surface area contributed by atoms with Gasteiger partial charge in [0.2, 0.25) is 5.79 Å². The van der Waals surface area contributed by atoms with E-state index < -0.39 is 23.0 Å². The van der Waals surface area contributed by atoms with Crippen molar-refractivity contribution >= 4 is 12.1 Å². The van der Waals surface area contributed by atoms with Gasteiger partial charge in [0.15, 0.2) is 0 Å². The molecular formula is C21H27NO7. The minimum absolute atomic E-state index is 0.359. The molecule has 8 heteroatoms. The number of fused-ring (bicyclic) bond motifs is 2. The van der Waals surface area contributed by atoms with E-state index in [-0.39, 0.29) is 6.09 Å². The highest BCUT2D eigenvalue weighted by Crippen LogP contribution is 2.52. The number of rotatable bonds is 1. The van der Waals surface area contributed by atoms with Gasteiger partial charge in [0, 0.05) is 12.0 Å². The fourth-order valence-corrected chi connectivity index (χ4v) is 4.22. The van der Waals surface area contributed by atoms with Crippen molar-refractivity contribution in [2.75, 3.05) is 33.4 Å². The average molecular weight is 405 g/mol. The zero-order valence-electron chi connectivity index (χ0n) is 17.5. The second-order valence-electron chi connectivity index (χ2n) is 8.85. The summed E-state index contributed by atoms with van der Waals surface area (Å²) in [6.07, 6.45) is 0.0865. The molecule has 0 N–H and O–H groups in total. The Hall–Kier alpha value is -2.32. The van der Waals surface area contributed by atoms with Crippen LogP contribution in [0, 0.1) is 6.92 Å². The number of nitrogens with zero attached hydrogens (tertiary/aromatic N) is 1. The molecule has 3 heterocycles. The van der Waals surface area contributed by atoms with Crippen LogP contribution in [0.2, 0.25) is 0 Å². The maximum atomic E-state index is 12.4. The Bertz CT molecular complexity index is 845. The molecular weight excluding hydrogens is 378 g/mol. The number of carbonyl (C=O) groups is 2. The largest absolute Gasteiger partial charge is 0.483 e. The highest BCUT2D eigenvalue weighted by Gasteiger charge is 2.60. The quantitative estimate of drug-likeness (QED) is 0.664. The van der Waals surface area contributed by atoms with Crippen molar-refractivity contribution in [3.05, 3.63) is 28.8 Å². The first kappa shape index (κ1) is 20.0. The third-order valence-corrected chi connectivity index (χ3v) is 5.46. The van der Waals surface area contributed by atoms with E-state index in [0.717, 1.165) is 5.56 Å². The second kappa shape index (κ2) is 6.60. The summed E-state index contributed by atoms with van der Waals surface area (Å²) in [5.41, 5.74) is 0.641. The number of benzene rings is 1. The van der Waals surface area contributed by atoms with Crippen molar-refractivity contribution in [3.8, 4) is 5.75 Å². The normalized spacial score (nSPS) is 21.3. The van der Waals surface area contributed by atoms with Crippen molar-refractivity contribution in [1.29, 1.82) is 0 Å². The SMILES string of the molecule is COC(=O)c1ccc2c(c1C)OC1(CN(C(=O)OC(C)(C)C)C1)CC21OCCO1. The van der Waals surface area contributed by atoms with Gasteiger partial charge in [0.25, 0.3) is 0 Å². The maximum absolute atomic E-state index is 12.4. The molecule has 2 saturated heterocycles. The number of hydrogen-bond acceptors (Lipinski definition) is 7. The summed E-state index contributed by atoms with van der Waals surface area (Å²) in [4.78, 5) is 26.2. The first-order chi connectivity index (χ1) is 13.6. The van der Waals surface area contributed by atoms with Gasteiger partial charge in [-0.05, 0) is 39.8 Å². The molecule has 8 nitrogen and oxygen atoms in total. The standard InChI is InChI=1S/C21H27NO7/c1-13-14(17(23)25-5)6-7-15-16(13)28-20(10-21(15)26-8-9-27-21)11-22(12-20)18(24)29-19(2,3)4/h6-7H,8-12H2,1-5H3. The van der Waals surface area contributed by atoms with Crippen molar-refractivity contribution in [1.82, 2.24) is 4.90 Å². The molecule has 3 aliphatic heterocycles. The van der Waals surface area contributed by atoms with E-state index in [1.54, 1.807) is 17.0 Å². The number of ether oxygens (including phenoxy) is 5. The van der Waals surface area contributed by atoms with Gasteiger partial charge >= 0.3 is 12.1 Å². The monoisotopic (exact) mass is 405 g/mol. The number of likely N-dealkylation sites (tertiary alicyclic amines) is 1. The molecule has 0 radical (unpaired) electrons. The van der Waals surface area contributed by atoms with Crippen LogP contribution in [0.25, 0.3) is 0 Å². The molecule has 2 fully saturated rings. The van der Waals surface area contributed by atoms with Crippen LogP contribution in [-0.2, 0) is 24.7 Å². The van der Waals surface area contributed by atoms with E-state index in [9.17, 15) is 9.59 Å². The molecule has 2 spiro atoms. The summed E-state index contributed by atoms with van der Waals surface area (Å²) in [5, 5.41) is 0. The fraction of sp³-hybridized carbons (Fsp3) is 0.619. The number of esters is 1. The molecule has 0 aliphatic carbocycles. The molecule has 1 amide bonds. The average Bonchev–Trinajstić information content (AvgIpc) is 3.07. The molecule has 0 unspecified atom stereocenters.